The Bertz CT molecular complexity index is 828. The van der Waals surface area contributed by atoms with Crippen molar-refractivity contribution in [1.82, 2.24) is 4.90 Å². The molecule has 5 heteroatoms. The average molecular weight is 363 g/mol. The third-order valence-electron chi connectivity index (χ3n) is 5.53. The third kappa shape index (κ3) is 3.54. The fourth-order valence-corrected chi connectivity index (χ4v) is 4.12. The van der Waals surface area contributed by atoms with E-state index < -0.39 is 0 Å². The lowest BCUT2D eigenvalue weighted by atomic mass is 10.1. The Hall–Kier alpha value is -2.82. The van der Waals surface area contributed by atoms with Crippen molar-refractivity contribution in [2.75, 3.05) is 36.0 Å². The Labute approximate surface area is 160 Å². The number of nitrogens with zero attached hydrogens (tertiary/aromatic N) is 3. The Morgan fingerprint density at radius 3 is 2.30 bits per heavy atom. The largest absolute Gasteiger partial charge is 0.368 e. The number of hydrogen-bond donors (Lipinski definition) is 0. The predicted molar refractivity (Wildman–Crippen MR) is 107 cm³/mol. The number of para-hydroxylation sites is 2. The van der Waals surface area contributed by atoms with Crippen LogP contribution in [0.15, 0.2) is 54.6 Å². The van der Waals surface area contributed by atoms with E-state index >= 15 is 0 Å². The van der Waals surface area contributed by atoms with Crippen molar-refractivity contribution in [3.05, 3.63) is 60.2 Å². The van der Waals surface area contributed by atoms with Crippen LogP contribution in [-0.2, 0) is 16.0 Å². The topological polar surface area (TPSA) is 43.9 Å². The van der Waals surface area contributed by atoms with Crippen LogP contribution >= 0.6 is 0 Å². The zero-order valence-electron chi connectivity index (χ0n) is 15.7. The zero-order chi connectivity index (χ0) is 18.8. The summed E-state index contributed by atoms with van der Waals surface area (Å²) in [5.41, 5.74) is 3.32. The van der Waals surface area contributed by atoms with Crippen molar-refractivity contribution in [1.29, 1.82) is 0 Å². The zero-order valence-corrected chi connectivity index (χ0v) is 15.7. The van der Waals surface area contributed by atoms with Crippen molar-refractivity contribution in [2.45, 2.75) is 25.8 Å². The molecule has 2 aliphatic rings. The Morgan fingerprint density at radius 2 is 1.56 bits per heavy atom. The molecule has 0 radical (unpaired) electrons. The van der Waals surface area contributed by atoms with Crippen LogP contribution in [0.3, 0.4) is 0 Å². The monoisotopic (exact) mass is 363 g/mol. The van der Waals surface area contributed by atoms with Crippen molar-refractivity contribution in [2.24, 2.45) is 0 Å². The van der Waals surface area contributed by atoms with Gasteiger partial charge in [0.1, 0.15) is 6.42 Å². The lowest BCUT2D eigenvalue weighted by Crippen LogP contribution is -2.50. The SMILES string of the molecule is CC1Cc2ccccc2N1C(=O)CC(=O)N1CCN(c2ccccc2)CC1. The Kier molecular flexibility index (Phi) is 4.84. The molecule has 2 aliphatic heterocycles. The number of hydrogen-bond acceptors (Lipinski definition) is 3. The van der Waals surface area contributed by atoms with Gasteiger partial charge in [0.15, 0.2) is 0 Å². The minimum absolute atomic E-state index is 0.0516. The van der Waals surface area contributed by atoms with Gasteiger partial charge in [-0.2, -0.15) is 0 Å². The third-order valence-corrected chi connectivity index (χ3v) is 5.53. The second kappa shape index (κ2) is 7.43. The van der Waals surface area contributed by atoms with Gasteiger partial charge in [0.05, 0.1) is 0 Å². The van der Waals surface area contributed by atoms with Gasteiger partial charge in [-0.1, -0.05) is 36.4 Å². The molecule has 1 atom stereocenters. The summed E-state index contributed by atoms with van der Waals surface area (Å²) in [6.07, 6.45) is 0.801. The highest BCUT2D eigenvalue weighted by molar-refractivity contribution is 6.06. The van der Waals surface area contributed by atoms with Gasteiger partial charge in [-0.05, 0) is 37.1 Å². The number of fused-ring (bicyclic) bond motifs is 1. The molecule has 2 heterocycles. The fourth-order valence-electron chi connectivity index (χ4n) is 4.12. The van der Waals surface area contributed by atoms with Crippen molar-refractivity contribution in [3.8, 4) is 0 Å². The number of anilines is 2. The first kappa shape index (κ1) is 17.6. The molecular weight excluding hydrogens is 338 g/mol. The van der Waals surface area contributed by atoms with Crippen LogP contribution in [0.4, 0.5) is 11.4 Å². The van der Waals surface area contributed by atoms with Gasteiger partial charge in [0, 0.05) is 43.6 Å². The molecule has 0 N–H and O–H groups in total. The van der Waals surface area contributed by atoms with Crippen LogP contribution in [0.5, 0.6) is 0 Å². The highest BCUT2D eigenvalue weighted by atomic mass is 16.2. The summed E-state index contributed by atoms with van der Waals surface area (Å²) >= 11 is 0. The fraction of sp³-hybridized carbons (Fsp3) is 0.364. The van der Waals surface area contributed by atoms with E-state index in [0.29, 0.717) is 13.1 Å². The predicted octanol–water partition coefficient (Wildman–Crippen LogP) is 2.70. The van der Waals surface area contributed by atoms with E-state index in [9.17, 15) is 9.59 Å². The van der Waals surface area contributed by atoms with Crippen LogP contribution in [0.25, 0.3) is 0 Å². The molecule has 27 heavy (non-hydrogen) atoms. The van der Waals surface area contributed by atoms with E-state index in [2.05, 4.69) is 23.1 Å². The highest BCUT2D eigenvalue weighted by Crippen LogP contribution is 2.32. The first-order valence-electron chi connectivity index (χ1n) is 9.61. The number of carbonyl (C=O) groups excluding carboxylic acids is 2. The van der Waals surface area contributed by atoms with E-state index in [1.54, 1.807) is 4.90 Å². The molecule has 0 aliphatic carbocycles. The van der Waals surface area contributed by atoms with Crippen LogP contribution in [-0.4, -0.2) is 48.9 Å². The standard InChI is InChI=1S/C22H25N3O2/c1-17-15-18-7-5-6-10-20(18)25(17)22(27)16-21(26)24-13-11-23(12-14-24)19-8-3-2-4-9-19/h2-10,17H,11-16H2,1H3. The minimum Gasteiger partial charge on any atom is -0.368 e. The molecule has 2 aromatic carbocycles. The van der Waals surface area contributed by atoms with E-state index in [-0.39, 0.29) is 24.3 Å². The van der Waals surface area contributed by atoms with Crippen LogP contribution in [0.1, 0.15) is 18.9 Å². The number of piperazine rings is 1. The molecule has 0 aromatic heterocycles. The van der Waals surface area contributed by atoms with Crippen LogP contribution in [0, 0.1) is 0 Å². The molecule has 0 spiro atoms. The quantitative estimate of drug-likeness (QED) is 0.788. The van der Waals surface area contributed by atoms with Gasteiger partial charge in [0.2, 0.25) is 11.8 Å². The van der Waals surface area contributed by atoms with Gasteiger partial charge >= 0.3 is 0 Å². The molecule has 1 fully saturated rings. The van der Waals surface area contributed by atoms with E-state index in [0.717, 1.165) is 25.2 Å². The highest BCUT2D eigenvalue weighted by Gasteiger charge is 2.32. The lowest BCUT2D eigenvalue weighted by molar-refractivity contribution is -0.135. The Morgan fingerprint density at radius 1 is 0.889 bits per heavy atom. The molecule has 1 saturated heterocycles. The molecule has 4 rings (SSSR count). The van der Waals surface area contributed by atoms with Gasteiger partial charge in [0.25, 0.3) is 0 Å². The molecule has 140 valence electrons. The maximum absolute atomic E-state index is 12.8. The lowest BCUT2D eigenvalue weighted by Gasteiger charge is -2.36. The summed E-state index contributed by atoms with van der Waals surface area (Å²) in [4.78, 5) is 31.4. The summed E-state index contributed by atoms with van der Waals surface area (Å²) in [6.45, 7) is 4.96. The van der Waals surface area contributed by atoms with Crippen molar-refractivity contribution >= 4 is 23.2 Å². The average Bonchev–Trinajstić information content (AvgIpc) is 3.04. The molecule has 1 unspecified atom stereocenters. The number of amides is 2. The van der Waals surface area contributed by atoms with Gasteiger partial charge in [-0.15, -0.1) is 0 Å². The first-order chi connectivity index (χ1) is 13.1. The minimum atomic E-state index is -0.0945. The maximum atomic E-state index is 12.8. The summed E-state index contributed by atoms with van der Waals surface area (Å²) in [5.74, 6) is -0.160. The van der Waals surface area contributed by atoms with E-state index in [1.807, 2.05) is 48.2 Å². The molecule has 2 aromatic rings. The molecule has 0 saturated carbocycles. The normalized spacial score (nSPS) is 19.1. The molecule has 0 bridgehead atoms. The van der Waals surface area contributed by atoms with Gasteiger partial charge < -0.3 is 14.7 Å². The smallest absolute Gasteiger partial charge is 0.236 e. The summed E-state index contributed by atoms with van der Waals surface area (Å²) in [5, 5.41) is 0. The van der Waals surface area contributed by atoms with Crippen LogP contribution < -0.4 is 9.80 Å². The molecule has 2 amide bonds. The second-order valence-electron chi connectivity index (χ2n) is 7.33. The maximum Gasteiger partial charge on any atom is 0.236 e. The van der Waals surface area contributed by atoms with E-state index in [4.69, 9.17) is 0 Å². The van der Waals surface area contributed by atoms with Gasteiger partial charge in [-0.3, -0.25) is 9.59 Å². The molecule has 5 nitrogen and oxygen atoms in total. The second-order valence-corrected chi connectivity index (χ2v) is 7.33. The van der Waals surface area contributed by atoms with Crippen LogP contribution in [0.2, 0.25) is 0 Å². The number of benzene rings is 2. The first-order valence-corrected chi connectivity index (χ1v) is 9.61. The van der Waals surface area contributed by atoms with Crippen molar-refractivity contribution in [3.63, 3.8) is 0 Å². The van der Waals surface area contributed by atoms with Crippen molar-refractivity contribution < 1.29 is 9.59 Å². The number of rotatable bonds is 3. The van der Waals surface area contributed by atoms with E-state index in [1.165, 1.54) is 11.3 Å². The summed E-state index contributed by atoms with van der Waals surface area (Å²) in [6, 6.07) is 18.3. The Balaban J connectivity index is 1.35. The van der Waals surface area contributed by atoms with Gasteiger partial charge in [-0.25, -0.2) is 0 Å². The molecular formula is C22H25N3O2. The number of carbonyl (C=O) groups is 2. The summed E-state index contributed by atoms with van der Waals surface area (Å²) < 4.78 is 0. The summed E-state index contributed by atoms with van der Waals surface area (Å²) in [7, 11) is 0.